The highest BCUT2D eigenvalue weighted by atomic mass is 32.2. The van der Waals surface area contributed by atoms with Crippen LogP contribution in [0.15, 0.2) is 35.7 Å². The van der Waals surface area contributed by atoms with Crippen LogP contribution in [-0.4, -0.2) is 44.4 Å². The molecule has 0 radical (unpaired) electrons. The fourth-order valence-electron chi connectivity index (χ4n) is 3.50. The molecule has 0 bridgehead atoms. The first-order chi connectivity index (χ1) is 13.0. The molecule has 146 valence electrons. The summed E-state index contributed by atoms with van der Waals surface area (Å²) in [6.07, 6.45) is 6.32. The number of hydrogen-bond donors (Lipinski definition) is 0. The van der Waals surface area contributed by atoms with Crippen LogP contribution >= 0.6 is 11.8 Å². The zero-order valence-electron chi connectivity index (χ0n) is 16.6. The number of likely N-dealkylation sites (tertiary alicyclic amines) is 1. The lowest BCUT2D eigenvalue weighted by molar-refractivity contribution is -0.129. The highest BCUT2D eigenvalue weighted by Crippen LogP contribution is 2.24. The highest BCUT2D eigenvalue weighted by Gasteiger charge is 2.23. The minimum atomic E-state index is 0.218. The van der Waals surface area contributed by atoms with E-state index in [0.717, 1.165) is 43.4 Å². The first-order valence-electron chi connectivity index (χ1n) is 9.88. The second-order valence-corrected chi connectivity index (χ2v) is 8.69. The summed E-state index contributed by atoms with van der Waals surface area (Å²) in [6, 6.07) is 9.16. The molecule has 3 rings (SSSR count). The van der Waals surface area contributed by atoms with E-state index in [1.165, 1.54) is 29.3 Å². The van der Waals surface area contributed by atoms with Crippen molar-refractivity contribution in [2.75, 3.05) is 18.8 Å². The smallest absolute Gasteiger partial charge is 0.233 e. The lowest BCUT2D eigenvalue weighted by Gasteiger charge is -2.32. The molecule has 1 amide bonds. The summed E-state index contributed by atoms with van der Waals surface area (Å²) in [5, 5.41) is 8.92. The summed E-state index contributed by atoms with van der Waals surface area (Å²) < 4.78 is 2.01. The Labute approximate surface area is 166 Å². The highest BCUT2D eigenvalue weighted by molar-refractivity contribution is 7.99. The molecule has 5 nitrogen and oxygen atoms in total. The quantitative estimate of drug-likeness (QED) is 0.672. The Morgan fingerprint density at radius 3 is 2.59 bits per heavy atom. The summed E-state index contributed by atoms with van der Waals surface area (Å²) in [5.41, 5.74) is 2.74. The number of rotatable bonds is 7. The van der Waals surface area contributed by atoms with Crippen LogP contribution in [0.5, 0.6) is 0 Å². The predicted octanol–water partition coefficient (Wildman–Crippen LogP) is 4.13. The molecular formula is C21H30N4OS. The van der Waals surface area contributed by atoms with Crippen LogP contribution in [0.2, 0.25) is 0 Å². The fourth-order valence-corrected chi connectivity index (χ4v) is 4.45. The zero-order chi connectivity index (χ0) is 19.2. The molecular weight excluding hydrogens is 356 g/mol. The summed E-state index contributed by atoms with van der Waals surface area (Å²) in [6.45, 7) is 8.08. The van der Waals surface area contributed by atoms with E-state index in [-0.39, 0.29) is 5.91 Å². The standard InChI is InChI=1S/C21H30N4OS/c1-16(2)25-15-22-23-21(25)27-14-20(26)24-12-10-19(11-13-24)9-8-18-6-4-17(3)5-7-18/h4-7,15-16,19H,8-14H2,1-3H3. The van der Waals surface area contributed by atoms with Crippen molar-refractivity contribution in [2.24, 2.45) is 5.92 Å². The molecule has 0 N–H and O–H groups in total. The van der Waals surface area contributed by atoms with Gasteiger partial charge in [0.2, 0.25) is 5.91 Å². The Morgan fingerprint density at radius 2 is 1.93 bits per heavy atom. The molecule has 0 spiro atoms. The van der Waals surface area contributed by atoms with Gasteiger partial charge in [0.1, 0.15) is 6.33 Å². The molecule has 27 heavy (non-hydrogen) atoms. The van der Waals surface area contributed by atoms with Gasteiger partial charge in [-0.2, -0.15) is 0 Å². The van der Waals surface area contributed by atoms with Crippen LogP contribution in [0.4, 0.5) is 0 Å². The molecule has 1 aliphatic heterocycles. The van der Waals surface area contributed by atoms with Crippen molar-refractivity contribution in [3.05, 3.63) is 41.7 Å². The van der Waals surface area contributed by atoms with Crippen LogP contribution in [-0.2, 0) is 11.2 Å². The first-order valence-corrected chi connectivity index (χ1v) is 10.9. The van der Waals surface area contributed by atoms with Gasteiger partial charge in [-0.3, -0.25) is 4.79 Å². The van der Waals surface area contributed by atoms with Gasteiger partial charge in [0, 0.05) is 19.1 Å². The minimum absolute atomic E-state index is 0.218. The number of aryl methyl sites for hydroxylation is 2. The van der Waals surface area contributed by atoms with Crippen molar-refractivity contribution in [3.63, 3.8) is 0 Å². The Morgan fingerprint density at radius 1 is 1.22 bits per heavy atom. The number of benzene rings is 1. The lowest BCUT2D eigenvalue weighted by Crippen LogP contribution is -2.39. The zero-order valence-corrected chi connectivity index (χ0v) is 17.4. The molecule has 2 aromatic rings. The second kappa shape index (κ2) is 9.40. The second-order valence-electron chi connectivity index (χ2n) is 7.75. The summed E-state index contributed by atoms with van der Waals surface area (Å²) >= 11 is 1.49. The minimum Gasteiger partial charge on any atom is -0.342 e. The molecule has 1 aliphatic rings. The molecule has 6 heteroatoms. The van der Waals surface area contributed by atoms with Gasteiger partial charge >= 0.3 is 0 Å². The summed E-state index contributed by atoms with van der Waals surface area (Å²) in [5.74, 6) is 1.39. The summed E-state index contributed by atoms with van der Waals surface area (Å²) in [4.78, 5) is 14.6. The lowest BCUT2D eigenvalue weighted by atomic mass is 9.90. The number of carbonyl (C=O) groups is 1. The van der Waals surface area contributed by atoms with Gasteiger partial charge in [-0.25, -0.2) is 0 Å². The molecule has 1 aromatic carbocycles. The van der Waals surface area contributed by atoms with E-state index in [1.54, 1.807) is 6.33 Å². The summed E-state index contributed by atoms with van der Waals surface area (Å²) in [7, 11) is 0. The predicted molar refractivity (Wildman–Crippen MR) is 110 cm³/mol. The van der Waals surface area contributed by atoms with Crippen LogP contribution in [0.3, 0.4) is 0 Å². The van der Waals surface area contributed by atoms with Gasteiger partial charge in [0.25, 0.3) is 0 Å². The SMILES string of the molecule is Cc1ccc(CCC2CCN(C(=O)CSc3nncn3C(C)C)CC2)cc1. The number of aromatic nitrogens is 3. The molecule has 1 aromatic heterocycles. The van der Waals surface area contributed by atoms with Gasteiger partial charge in [-0.1, -0.05) is 41.6 Å². The van der Waals surface area contributed by atoms with E-state index in [4.69, 9.17) is 0 Å². The number of thioether (sulfide) groups is 1. The maximum atomic E-state index is 12.5. The Hall–Kier alpha value is -1.82. The van der Waals surface area contributed by atoms with Gasteiger partial charge < -0.3 is 9.47 Å². The maximum absolute atomic E-state index is 12.5. The normalized spacial score (nSPS) is 15.5. The average Bonchev–Trinajstić information content (AvgIpc) is 3.15. The third-order valence-electron chi connectivity index (χ3n) is 5.35. The molecule has 1 saturated heterocycles. The van der Waals surface area contributed by atoms with E-state index in [2.05, 4.69) is 55.2 Å². The van der Waals surface area contributed by atoms with E-state index >= 15 is 0 Å². The Balaban J connectivity index is 1.40. The van der Waals surface area contributed by atoms with Gasteiger partial charge in [-0.15, -0.1) is 10.2 Å². The molecule has 0 aliphatic carbocycles. The van der Waals surface area contributed by atoms with Crippen LogP contribution < -0.4 is 0 Å². The van der Waals surface area contributed by atoms with Crippen LogP contribution in [0.1, 0.15) is 50.3 Å². The monoisotopic (exact) mass is 386 g/mol. The van der Waals surface area contributed by atoms with Crippen molar-refractivity contribution >= 4 is 17.7 Å². The van der Waals surface area contributed by atoms with Crippen molar-refractivity contribution in [2.45, 2.75) is 57.7 Å². The third kappa shape index (κ3) is 5.58. The molecule has 0 unspecified atom stereocenters. The van der Waals surface area contributed by atoms with E-state index in [9.17, 15) is 4.79 Å². The number of nitrogens with zero attached hydrogens (tertiary/aromatic N) is 4. The van der Waals surface area contributed by atoms with Crippen LogP contribution in [0.25, 0.3) is 0 Å². The number of hydrogen-bond acceptors (Lipinski definition) is 4. The maximum Gasteiger partial charge on any atom is 0.233 e. The first kappa shape index (κ1) is 19.9. The van der Waals surface area contributed by atoms with Crippen molar-refractivity contribution in [1.82, 2.24) is 19.7 Å². The topological polar surface area (TPSA) is 51.0 Å². The van der Waals surface area contributed by atoms with E-state index in [1.807, 2.05) is 9.47 Å². The van der Waals surface area contributed by atoms with Gasteiger partial charge in [0.05, 0.1) is 5.75 Å². The van der Waals surface area contributed by atoms with Crippen molar-refractivity contribution < 1.29 is 4.79 Å². The largest absolute Gasteiger partial charge is 0.342 e. The van der Waals surface area contributed by atoms with E-state index in [0.29, 0.717) is 11.8 Å². The van der Waals surface area contributed by atoms with Crippen molar-refractivity contribution in [3.8, 4) is 0 Å². The molecule has 1 fully saturated rings. The average molecular weight is 387 g/mol. The molecule has 2 heterocycles. The number of amides is 1. The van der Waals surface area contributed by atoms with Crippen molar-refractivity contribution in [1.29, 1.82) is 0 Å². The van der Waals surface area contributed by atoms with Crippen LogP contribution in [0, 0.1) is 12.8 Å². The number of carbonyl (C=O) groups excluding carboxylic acids is 1. The molecule has 0 atom stereocenters. The molecule has 0 saturated carbocycles. The Bertz CT molecular complexity index is 733. The van der Waals surface area contributed by atoms with E-state index < -0.39 is 0 Å². The van der Waals surface area contributed by atoms with Gasteiger partial charge in [-0.05, 0) is 57.9 Å². The van der Waals surface area contributed by atoms with Gasteiger partial charge in [0.15, 0.2) is 5.16 Å². The Kier molecular flexibility index (Phi) is 6.94. The number of piperidine rings is 1. The fraction of sp³-hybridized carbons (Fsp3) is 0.571. The third-order valence-corrected chi connectivity index (χ3v) is 6.29.